The molecule has 0 aromatic carbocycles. The summed E-state index contributed by atoms with van der Waals surface area (Å²) in [6, 6.07) is 3.80. The van der Waals surface area contributed by atoms with Crippen LogP contribution in [-0.2, 0) is 20.9 Å². The van der Waals surface area contributed by atoms with Crippen LogP contribution in [0.5, 0.6) is 0 Å². The fourth-order valence-corrected chi connectivity index (χ4v) is 1.80. The van der Waals surface area contributed by atoms with Crippen LogP contribution in [0.1, 0.15) is 11.3 Å². The molecule has 1 rings (SSSR count). The molecule has 2 N–H and O–H groups in total. The molecule has 0 radical (unpaired) electrons. The second kappa shape index (κ2) is 7.81. The van der Waals surface area contributed by atoms with Gasteiger partial charge in [0.15, 0.2) is 0 Å². The van der Waals surface area contributed by atoms with Crippen LogP contribution in [0, 0.1) is 0 Å². The monoisotopic (exact) mass is 256 g/mol. The molecule has 2 amide bonds. The van der Waals surface area contributed by atoms with Gasteiger partial charge in [0, 0.05) is 25.1 Å². The zero-order chi connectivity index (χ0) is 12.5. The number of nitrogens with one attached hydrogen (secondary N) is 2. The van der Waals surface area contributed by atoms with Crippen molar-refractivity contribution < 1.29 is 14.3 Å². The summed E-state index contributed by atoms with van der Waals surface area (Å²) in [4.78, 5) is 23.7. The molecule has 17 heavy (non-hydrogen) atoms. The lowest BCUT2D eigenvalue weighted by Crippen LogP contribution is -2.40. The van der Waals surface area contributed by atoms with E-state index in [1.54, 1.807) is 7.11 Å². The smallest absolute Gasteiger partial charge is 0.309 e. The number of hydrogen-bond donors (Lipinski definition) is 2. The first-order valence-electron chi connectivity index (χ1n) is 5.31. The maximum absolute atomic E-state index is 11.4. The first-order chi connectivity index (χ1) is 8.24. The quantitative estimate of drug-likeness (QED) is 0.576. The van der Waals surface area contributed by atoms with Crippen molar-refractivity contribution in [3.63, 3.8) is 0 Å². The number of thiophene rings is 1. The molecule has 1 aromatic rings. The molecule has 0 unspecified atom stereocenters. The Morgan fingerprint density at radius 1 is 1.35 bits per heavy atom. The zero-order valence-corrected chi connectivity index (χ0v) is 10.5. The van der Waals surface area contributed by atoms with Gasteiger partial charge in [0.2, 0.25) is 0 Å². The molecular weight excluding hydrogens is 240 g/mol. The molecule has 5 nitrogen and oxygen atoms in total. The van der Waals surface area contributed by atoms with Crippen LogP contribution in [0.25, 0.3) is 0 Å². The zero-order valence-electron chi connectivity index (χ0n) is 9.69. The van der Waals surface area contributed by atoms with Crippen molar-refractivity contribution >= 4 is 23.2 Å². The van der Waals surface area contributed by atoms with Gasteiger partial charge in [0.1, 0.15) is 0 Å². The van der Waals surface area contributed by atoms with Crippen LogP contribution >= 0.6 is 11.3 Å². The number of ether oxygens (including phenoxy) is 1. The highest BCUT2D eigenvalue weighted by Crippen LogP contribution is 2.06. The van der Waals surface area contributed by atoms with E-state index in [-0.39, 0.29) is 0 Å². The van der Waals surface area contributed by atoms with E-state index in [0.717, 1.165) is 4.88 Å². The standard InChI is InChI=1S/C11H16N2O3S/c1-16-6-3-5-12-10(14)11(15)13-8-9-4-2-7-17-9/h2,4,7H,3,5-6,8H2,1H3,(H,12,14)(H,13,15). The summed E-state index contributed by atoms with van der Waals surface area (Å²) in [6.45, 7) is 1.40. The number of methoxy groups -OCH3 is 1. The Balaban J connectivity index is 2.16. The van der Waals surface area contributed by atoms with Crippen LogP contribution in [0.3, 0.4) is 0 Å². The second-order valence-corrected chi connectivity index (χ2v) is 4.40. The van der Waals surface area contributed by atoms with E-state index in [2.05, 4.69) is 10.6 Å². The number of carbonyl (C=O) groups is 2. The van der Waals surface area contributed by atoms with Gasteiger partial charge < -0.3 is 15.4 Å². The Hall–Kier alpha value is -1.40. The van der Waals surface area contributed by atoms with Gasteiger partial charge in [0.05, 0.1) is 6.54 Å². The Morgan fingerprint density at radius 2 is 2.12 bits per heavy atom. The Morgan fingerprint density at radius 3 is 2.76 bits per heavy atom. The first-order valence-corrected chi connectivity index (χ1v) is 6.19. The van der Waals surface area contributed by atoms with Gasteiger partial charge in [-0.3, -0.25) is 9.59 Å². The number of carbonyl (C=O) groups excluding carboxylic acids is 2. The molecule has 94 valence electrons. The molecule has 0 atom stereocenters. The van der Waals surface area contributed by atoms with Crippen molar-refractivity contribution in [2.24, 2.45) is 0 Å². The minimum absolute atomic E-state index is 0.391. The Kier molecular flexibility index (Phi) is 6.27. The summed E-state index contributed by atoms with van der Waals surface area (Å²) in [6.07, 6.45) is 0.695. The molecule has 6 heteroatoms. The van der Waals surface area contributed by atoms with E-state index in [9.17, 15) is 9.59 Å². The van der Waals surface area contributed by atoms with Crippen molar-refractivity contribution in [3.05, 3.63) is 22.4 Å². The van der Waals surface area contributed by atoms with E-state index < -0.39 is 11.8 Å². The van der Waals surface area contributed by atoms with Crippen LogP contribution in [-0.4, -0.2) is 32.1 Å². The van der Waals surface area contributed by atoms with Crippen molar-refractivity contribution in [3.8, 4) is 0 Å². The largest absolute Gasteiger partial charge is 0.385 e. The lowest BCUT2D eigenvalue weighted by molar-refractivity contribution is -0.139. The summed E-state index contributed by atoms with van der Waals surface area (Å²) in [5, 5.41) is 7.00. The fourth-order valence-electron chi connectivity index (χ4n) is 1.16. The summed E-state index contributed by atoms with van der Waals surface area (Å²) in [7, 11) is 1.59. The molecule has 0 aliphatic carbocycles. The number of rotatable bonds is 6. The molecule has 0 spiro atoms. The molecule has 0 saturated heterocycles. The van der Waals surface area contributed by atoms with Gasteiger partial charge in [-0.05, 0) is 17.9 Å². The summed E-state index contributed by atoms with van der Waals surface area (Å²) >= 11 is 1.54. The van der Waals surface area contributed by atoms with E-state index in [1.165, 1.54) is 11.3 Å². The van der Waals surface area contributed by atoms with E-state index in [4.69, 9.17) is 4.74 Å². The molecular formula is C11H16N2O3S. The van der Waals surface area contributed by atoms with Crippen molar-refractivity contribution in [2.45, 2.75) is 13.0 Å². The third-order valence-corrected chi connectivity index (χ3v) is 2.90. The molecule has 1 aromatic heterocycles. The normalized spacial score (nSPS) is 9.94. The van der Waals surface area contributed by atoms with Crippen molar-refractivity contribution in [1.82, 2.24) is 10.6 Å². The maximum atomic E-state index is 11.4. The lowest BCUT2D eigenvalue weighted by Gasteiger charge is -2.05. The topological polar surface area (TPSA) is 67.4 Å². The maximum Gasteiger partial charge on any atom is 0.309 e. The van der Waals surface area contributed by atoms with Crippen molar-refractivity contribution in [1.29, 1.82) is 0 Å². The third-order valence-electron chi connectivity index (χ3n) is 2.02. The average molecular weight is 256 g/mol. The van der Waals surface area contributed by atoms with Gasteiger partial charge in [-0.1, -0.05) is 6.07 Å². The minimum atomic E-state index is -0.601. The molecule has 1 heterocycles. The molecule has 0 saturated carbocycles. The van der Waals surface area contributed by atoms with E-state index >= 15 is 0 Å². The Labute approximate surface area is 104 Å². The highest BCUT2D eigenvalue weighted by Gasteiger charge is 2.11. The summed E-state index contributed by atoms with van der Waals surface area (Å²) < 4.78 is 4.83. The molecule has 0 fully saturated rings. The van der Waals surface area contributed by atoms with E-state index in [1.807, 2.05) is 17.5 Å². The summed E-state index contributed by atoms with van der Waals surface area (Å²) in [5.74, 6) is -1.20. The Bertz CT molecular complexity index is 352. The van der Waals surface area contributed by atoms with Crippen LogP contribution in [0.15, 0.2) is 17.5 Å². The molecule has 0 bridgehead atoms. The highest BCUT2D eigenvalue weighted by atomic mass is 32.1. The predicted octanol–water partition coefficient (Wildman–Crippen LogP) is 0.517. The lowest BCUT2D eigenvalue weighted by atomic mass is 10.4. The van der Waals surface area contributed by atoms with Crippen LogP contribution < -0.4 is 10.6 Å². The second-order valence-electron chi connectivity index (χ2n) is 3.36. The number of amides is 2. The minimum Gasteiger partial charge on any atom is -0.385 e. The van der Waals surface area contributed by atoms with Gasteiger partial charge in [-0.2, -0.15) is 0 Å². The third kappa shape index (κ3) is 5.46. The average Bonchev–Trinajstić information content (AvgIpc) is 2.84. The van der Waals surface area contributed by atoms with Crippen molar-refractivity contribution in [2.75, 3.05) is 20.3 Å². The molecule has 0 aliphatic rings. The van der Waals surface area contributed by atoms with Gasteiger partial charge in [0.25, 0.3) is 0 Å². The van der Waals surface area contributed by atoms with Gasteiger partial charge in [-0.15, -0.1) is 11.3 Å². The highest BCUT2D eigenvalue weighted by molar-refractivity contribution is 7.09. The summed E-state index contributed by atoms with van der Waals surface area (Å²) in [5.41, 5.74) is 0. The SMILES string of the molecule is COCCCNC(=O)C(=O)NCc1cccs1. The van der Waals surface area contributed by atoms with Gasteiger partial charge >= 0.3 is 11.8 Å². The molecule has 0 aliphatic heterocycles. The predicted molar refractivity (Wildman–Crippen MR) is 65.7 cm³/mol. The first kappa shape index (κ1) is 13.7. The fraction of sp³-hybridized carbons (Fsp3) is 0.455. The van der Waals surface area contributed by atoms with Crippen LogP contribution in [0.4, 0.5) is 0 Å². The van der Waals surface area contributed by atoms with Crippen LogP contribution in [0.2, 0.25) is 0 Å². The number of hydrogen-bond acceptors (Lipinski definition) is 4. The van der Waals surface area contributed by atoms with E-state index in [0.29, 0.717) is 26.1 Å². The van der Waals surface area contributed by atoms with Gasteiger partial charge in [-0.25, -0.2) is 0 Å².